The van der Waals surface area contributed by atoms with Crippen LogP contribution in [-0.4, -0.2) is 51.4 Å². The Morgan fingerprint density at radius 3 is 1.56 bits per heavy atom. The second-order valence-corrected chi connectivity index (χ2v) is 10.6. The Hall–Kier alpha value is -0.0210. The van der Waals surface area contributed by atoms with Gasteiger partial charge in [0.25, 0.3) is 0 Å². The molecule has 0 saturated heterocycles. The molecule has 0 aliphatic rings. The molecule has 0 aromatic rings. The second-order valence-electron chi connectivity index (χ2n) is 2.75. The molecule has 0 aromatic carbocycles. The summed E-state index contributed by atoms with van der Waals surface area (Å²) in [5.41, 5.74) is 0. The van der Waals surface area contributed by atoms with Crippen LogP contribution in [0, 0.1) is 0 Å². The van der Waals surface area contributed by atoms with E-state index in [-0.39, 0.29) is 11.9 Å². The van der Waals surface area contributed by atoms with Crippen molar-refractivity contribution in [3.63, 3.8) is 0 Å². The topological polar surface area (TPSA) is 52.6 Å². The Morgan fingerprint density at radius 1 is 0.875 bits per heavy atom. The number of carbonyl (C=O) groups excluding carboxylic acids is 2. The fourth-order valence-electron chi connectivity index (χ4n) is 0.834. The molecule has 0 N–H and O–H groups in total. The predicted molar refractivity (Wildman–Crippen MR) is 63.6 cm³/mol. The average molecular weight is 360 g/mol. The van der Waals surface area contributed by atoms with Gasteiger partial charge in [0.1, 0.15) is 0 Å². The van der Waals surface area contributed by atoms with Gasteiger partial charge in [-0.2, -0.15) is 0 Å². The third-order valence-electron chi connectivity index (χ3n) is 1.47. The molecule has 16 heavy (non-hydrogen) atoms. The Balaban J connectivity index is 3.21. The summed E-state index contributed by atoms with van der Waals surface area (Å²) < 4.78 is 9.64. The molecule has 0 bridgehead atoms. The summed E-state index contributed by atoms with van der Waals surface area (Å²) in [7, 11) is 0. The molecule has 0 amide bonds. The van der Waals surface area contributed by atoms with E-state index in [2.05, 4.69) is 0 Å². The molecule has 0 atom stereocenters. The summed E-state index contributed by atoms with van der Waals surface area (Å²) in [5.74, 6) is -0.212. The Morgan fingerprint density at radius 2 is 1.25 bits per heavy atom. The van der Waals surface area contributed by atoms with E-state index < -0.39 is 0 Å². The quantitative estimate of drug-likeness (QED) is 0.351. The number of hydrogen-bond acceptors (Lipinski definition) is 4. The molecule has 0 aliphatic carbocycles. The van der Waals surface area contributed by atoms with Crippen LogP contribution in [0.5, 0.6) is 0 Å². The van der Waals surface area contributed by atoms with E-state index in [9.17, 15) is 9.59 Å². The van der Waals surface area contributed by atoms with Crippen LogP contribution in [0.2, 0.25) is 10.6 Å². The molecule has 0 saturated carbocycles. The number of esters is 2. The van der Waals surface area contributed by atoms with Crippen LogP contribution in [0.1, 0.15) is 26.7 Å². The van der Waals surface area contributed by atoms with Crippen LogP contribution in [0.4, 0.5) is 0 Å². The Labute approximate surface area is 108 Å². The molecule has 0 heterocycles. The molecule has 0 rings (SSSR count). The molecule has 0 aliphatic heterocycles. The van der Waals surface area contributed by atoms with Crippen molar-refractivity contribution in [2.45, 2.75) is 37.3 Å². The van der Waals surface area contributed by atoms with E-state index in [1.54, 1.807) is 0 Å². The maximum atomic E-state index is 11.0. The van der Waals surface area contributed by atoms with E-state index in [0.717, 1.165) is 10.6 Å². The molecule has 0 fully saturated rings. The standard InChI is InChI=1S/C10H18O4Se2/c1-3-13-9(11)5-7-15-16-8-6-10(12)14-4-2/h3-8H2,1-2H3. The van der Waals surface area contributed by atoms with Gasteiger partial charge in [0.2, 0.25) is 0 Å². The molecular weight excluding hydrogens is 342 g/mol. The van der Waals surface area contributed by atoms with Crippen molar-refractivity contribution in [3.8, 4) is 0 Å². The van der Waals surface area contributed by atoms with Crippen molar-refractivity contribution in [2.75, 3.05) is 13.2 Å². The maximum absolute atomic E-state index is 11.0. The van der Waals surface area contributed by atoms with Crippen molar-refractivity contribution in [2.24, 2.45) is 0 Å². The number of carbonyl (C=O) groups is 2. The molecule has 0 unspecified atom stereocenters. The van der Waals surface area contributed by atoms with Gasteiger partial charge in [-0.15, -0.1) is 0 Å². The van der Waals surface area contributed by atoms with Gasteiger partial charge in [-0.25, -0.2) is 0 Å². The van der Waals surface area contributed by atoms with Crippen molar-refractivity contribution in [1.82, 2.24) is 0 Å². The summed E-state index contributed by atoms with van der Waals surface area (Å²) >= 11 is 0.985. The van der Waals surface area contributed by atoms with Crippen molar-refractivity contribution >= 4 is 38.2 Å². The van der Waals surface area contributed by atoms with Gasteiger partial charge >= 0.3 is 108 Å². The van der Waals surface area contributed by atoms with Crippen molar-refractivity contribution in [3.05, 3.63) is 0 Å². The van der Waals surface area contributed by atoms with E-state index in [0.29, 0.717) is 52.3 Å². The Bertz CT molecular complexity index is 187. The van der Waals surface area contributed by atoms with Crippen molar-refractivity contribution < 1.29 is 19.1 Å². The summed E-state index contributed by atoms with van der Waals surface area (Å²) in [6.45, 7) is 4.54. The summed E-state index contributed by atoms with van der Waals surface area (Å²) in [4.78, 5) is 22.0. The van der Waals surface area contributed by atoms with Crippen LogP contribution < -0.4 is 0 Å². The van der Waals surface area contributed by atoms with Crippen molar-refractivity contribution in [1.29, 1.82) is 0 Å². The first-order valence-corrected chi connectivity index (χ1v) is 12.0. The predicted octanol–water partition coefficient (Wildman–Crippen LogP) is 1.05. The van der Waals surface area contributed by atoms with Gasteiger partial charge in [-0.1, -0.05) is 0 Å². The second kappa shape index (κ2) is 11.5. The van der Waals surface area contributed by atoms with Gasteiger partial charge in [-0.3, -0.25) is 0 Å². The van der Waals surface area contributed by atoms with Gasteiger partial charge < -0.3 is 0 Å². The number of rotatable bonds is 9. The zero-order chi connectivity index (χ0) is 12.2. The molecule has 0 spiro atoms. The van der Waals surface area contributed by atoms with E-state index >= 15 is 0 Å². The first-order chi connectivity index (χ1) is 7.70. The molecule has 0 radical (unpaired) electrons. The summed E-state index contributed by atoms with van der Waals surface area (Å²) in [5, 5.41) is 1.85. The first kappa shape index (κ1) is 16.0. The number of hydrogen-bond donors (Lipinski definition) is 0. The van der Waals surface area contributed by atoms with E-state index in [1.165, 1.54) is 0 Å². The molecule has 0 aromatic heterocycles. The third kappa shape index (κ3) is 10.5. The van der Waals surface area contributed by atoms with Gasteiger partial charge in [0.15, 0.2) is 0 Å². The zero-order valence-electron chi connectivity index (χ0n) is 9.69. The number of ether oxygens (including phenoxy) is 2. The average Bonchev–Trinajstić information content (AvgIpc) is 2.24. The van der Waals surface area contributed by atoms with Crippen LogP contribution in [0.25, 0.3) is 0 Å². The minimum absolute atomic E-state index is 0.106. The zero-order valence-corrected chi connectivity index (χ0v) is 13.1. The summed E-state index contributed by atoms with van der Waals surface area (Å²) in [6.07, 6.45) is 1.05. The van der Waals surface area contributed by atoms with Gasteiger partial charge in [0.05, 0.1) is 0 Å². The van der Waals surface area contributed by atoms with Gasteiger partial charge in [-0.05, 0) is 0 Å². The molecule has 4 nitrogen and oxygen atoms in total. The SMILES string of the molecule is CCOC(=O)CC[Se][Se]CCC(=O)OCC. The fourth-order valence-corrected chi connectivity index (χ4v) is 6.76. The van der Waals surface area contributed by atoms with E-state index in [1.807, 2.05) is 13.8 Å². The van der Waals surface area contributed by atoms with Crippen LogP contribution in [0.15, 0.2) is 0 Å². The van der Waals surface area contributed by atoms with E-state index in [4.69, 9.17) is 9.47 Å². The minimum atomic E-state index is -0.106. The molecule has 6 heteroatoms. The first-order valence-electron chi connectivity index (χ1n) is 5.26. The fraction of sp³-hybridized carbons (Fsp3) is 0.800. The summed E-state index contributed by atoms with van der Waals surface area (Å²) in [6, 6.07) is 0. The normalized spacial score (nSPS) is 9.88. The molecular formula is C10H18O4Se2. The molecule has 94 valence electrons. The monoisotopic (exact) mass is 362 g/mol. The van der Waals surface area contributed by atoms with Crippen LogP contribution in [-0.2, 0) is 19.1 Å². The Kier molecular flexibility index (Phi) is 11.4. The third-order valence-corrected chi connectivity index (χ3v) is 8.83. The van der Waals surface area contributed by atoms with Gasteiger partial charge in [0, 0.05) is 0 Å². The van der Waals surface area contributed by atoms with Crippen LogP contribution in [0.3, 0.4) is 0 Å². The van der Waals surface area contributed by atoms with Crippen LogP contribution >= 0.6 is 0 Å².